The van der Waals surface area contributed by atoms with Crippen LogP contribution in [-0.2, 0) is 0 Å². The number of rotatable bonds is 0. The standard InChI is InChI=1S/Be.H3P2.H2P/c;1-2;/h;1H,2H2;1H2/q+2;2*-1. The average Bonchev–Trinajstić information content (AvgIpc) is 1.00. The van der Waals surface area contributed by atoms with E-state index in [2.05, 4.69) is 17.9 Å². The monoisotopic (exact) mass is 107 g/mol. The molecule has 0 aromatic heterocycles. The van der Waals surface area contributed by atoms with Crippen LogP contribution in [0.1, 0.15) is 0 Å². The second-order valence-corrected chi connectivity index (χ2v) is 0. The Balaban J connectivity index is -0.00000000500. The normalized spacial score (nSPS) is 1.50. The first-order chi connectivity index (χ1) is 1.00. The molecule has 0 aromatic rings. The van der Waals surface area contributed by atoms with E-state index < -0.39 is 0 Å². The number of hydrogen-bond acceptors (Lipinski definition) is 0. The van der Waals surface area contributed by atoms with Crippen LogP contribution in [0.2, 0.25) is 0 Å². The second kappa shape index (κ2) is 25.1. The minimum Gasteiger partial charge on any atom is -0.577 e. The molecule has 0 aliphatic carbocycles. The molecule has 1 unspecified atom stereocenters. The van der Waals surface area contributed by atoms with Crippen LogP contribution in [0, 0.1) is 0 Å². The molecule has 4 heavy (non-hydrogen) atoms. The molecule has 0 aliphatic heterocycles. The number of hydrogen-bond donors (Lipinski definition) is 0. The molecule has 0 saturated carbocycles. The Morgan fingerprint density at radius 1 is 1.25 bits per heavy atom. The smallest absolute Gasteiger partial charge is 0.577 e. The molecular weight excluding hydrogens is 102 g/mol. The second-order valence-electron chi connectivity index (χ2n) is 0. The maximum absolute atomic E-state index is 2.89. The molecule has 0 heterocycles. The summed E-state index contributed by atoms with van der Waals surface area (Å²) in [6.45, 7) is 0. The van der Waals surface area contributed by atoms with Crippen LogP contribution in [0.4, 0.5) is 0 Å². The van der Waals surface area contributed by atoms with E-state index in [0.717, 1.165) is 0 Å². The van der Waals surface area contributed by atoms with Gasteiger partial charge in [-0.25, -0.2) is 0 Å². The van der Waals surface area contributed by atoms with Gasteiger partial charge in [-0.15, -0.1) is 0 Å². The fourth-order valence-electron chi connectivity index (χ4n) is 0. The van der Waals surface area contributed by atoms with Gasteiger partial charge in [-0.2, -0.15) is 0 Å². The first kappa shape index (κ1) is 18.0. The molecule has 22 valence electrons. The van der Waals surface area contributed by atoms with Crippen molar-refractivity contribution in [2.45, 2.75) is 0 Å². The molecule has 0 spiro atoms. The van der Waals surface area contributed by atoms with E-state index in [-0.39, 0.29) is 20.0 Å². The van der Waals surface area contributed by atoms with Gasteiger partial charge in [0.05, 0.1) is 0 Å². The van der Waals surface area contributed by atoms with Crippen molar-refractivity contribution in [2.24, 2.45) is 0 Å². The van der Waals surface area contributed by atoms with E-state index in [1.807, 2.05) is 0 Å². The maximum atomic E-state index is 2.89. The van der Waals surface area contributed by atoms with Gasteiger partial charge in [0.1, 0.15) is 0 Å². The van der Waals surface area contributed by atoms with Gasteiger partial charge < -0.3 is 27.8 Å². The summed E-state index contributed by atoms with van der Waals surface area (Å²) >= 11 is 0. The quantitative estimate of drug-likeness (QED) is 0.318. The molecule has 0 aliphatic rings. The molecule has 0 aromatic carbocycles. The SMILES string of the molecule is [Be+2].[PH-]P.[PH2-]. The maximum Gasteiger partial charge on any atom is 2.00 e. The molecule has 0 N–H and O–H groups in total. The molecule has 4 heteroatoms. The van der Waals surface area contributed by atoms with Gasteiger partial charge in [-0.1, -0.05) is 0 Å². The van der Waals surface area contributed by atoms with Crippen molar-refractivity contribution in [1.29, 1.82) is 0 Å². The van der Waals surface area contributed by atoms with Gasteiger partial charge >= 0.3 is 10.1 Å². The Morgan fingerprint density at radius 2 is 1.25 bits per heavy atom. The van der Waals surface area contributed by atoms with Gasteiger partial charge in [0.25, 0.3) is 0 Å². The van der Waals surface area contributed by atoms with Crippen molar-refractivity contribution in [3.05, 3.63) is 0 Å². The zero-order chi connectivity index (χ0) is 2.00. The Hall–Kier alpha value is 1.46. The van der Waals surface area contributed by atoms with Gasteiger partial charge in [0, 0.05) is 0 Å². The van der Waals surface area contributed by atoms with Gasteiger partial charge in [0.15, 0.2) is 0 Å². The molecule has 0 rings (SSSR count). The van der Waals surface area contributed by atoms with Crippen molar-refractivity contribution in [2.75, 3.05) is 0 Å². The molecule has 0 radical (unpaired) electrons. The molecule has 0 bridgehead atoms. The van der Waals surface area contributed by atoms with Crippen LogP contribution in [0.15, 0.2) is 0 Å². The summed E-state index contributed by atoms with van der Waals surface area (Å²) in [4.78, 5) is 0. The third-order valence-corrected chi connectivity index (χ3v) is 0. The molecule has 0 saturated heterocycles. The summed E-state index contributed by atoms with van der Waals surface area (Å²) in [6.07, 6.45) is 0. The Labute approximate surface area is 38.6 Å². The van der Waals surface area contributed by atoms with Gasteiger partial charge in [0.2, 0.25) is 0 Å². The Bertz CT molecular complexity index is 3.25. The Morgan fingerprint density at radius 3 is 1.25 bits per heavy atom. The van der Waals surface area contributed by atoms with Crippen LogP contribution < -0.4 is 0 Å². The van der Waals surface area contributed by atoms with E-state index >= 15 is 0 Å². The fraction of sp³-hybridized carbons (Fsp3) is 0. The van der Waals surface area contributed by atoms with E-state index in [0.29, 0.717) is 0 Å². The molecule has 0 fully saturated rings. The minimum atomic E-state index is 0. The summed E-state index contributed by atoms with van der Waals surface area (Å²) in [7, 11) is 5.11. The van der Waals surface area contributed by atoms with Crippen LogP contribution in [0.3, 0.4) is 0 Å². The van der Waals surface area contributed by atoms with Crippen molar-refractivity contribution < 1.29 is 0 Å². The van der Waals surface area contributed by atoms with Crippen molar-refractivity contribution in [1.82, 2.24) is 0 Å². The van der Waals surface area contributed by atoms with Crippen LogP contribution in [0.5, 0.6) is 0 Å². The topological polar surface area (TPSA) is 0 Å². The summed E-state index contributed by atoms with van der Waals surface area (Å²) in [5.41, 5.74) is 0. The zero-order valence-corrected chi connectivity index (χ0v) is 5.67. The predicted molar refractivity (Wildman–Crippen MR) is 33.5 cm³/mol. The van der Waals surface area contributed by atoms with Crippen molar-refractivity contribution in [3.63, 3.8) is 0 Å². The summed E-state index contributed by atoms with van der Waals surface area (Å²) in [5.74, 6) is 0. The van der Waals surface area contributed by atoms with Crippen molar-refractivity contribution >= 4 is 37.9 Å². The third-order valence-electron chi connectivity index (χ3n) is 0. The average molecular weight is 107 g/mol. The van der Waals surface area contributed by atoms with Crippen LogP contribution >= 0.6 is 27.8 Å². The fourth-order valence-corrected chi connectivity index (χ4v) is 0. The molecule has 0 nitrogen and oxygen atoms in total. The largest absolute Gasteiger partial charge is 2.00 e. The summed E-state index contributed by atoms with van der Waals surface area (Å²) < 4.78 is 0. The van der Waals surface area contributed by atoms with E-state index in [1.54, 1.807) is 0 Å². The van der Waals surface area contributed by atoms with Gasteiger partial charge in [-0.3, -0.25) is 0 Å². The predicted octanol–water partition coefficient (Wildman–Crippen LogP) is 0.864. The van der Waals surface area contributed by atoms with E-state index in [9.17, 15) is 0 Å². The summed E-state index contributed by atoms with van der Waals surface area (Å²) in [6, 6.07) is 0. The summed E-state index contributed by atoms with van der Waals surface area (Å²) in [5, 5.41) is 0. The first-order valence-electron chi connectivity index (χ1n) is 0.289. The molecule has 1 atom stereocenters. The molecule has 0 amide bonds. The van der Waals surface area contributed by atoms with Gasteiger partial charge in [-0.05, 0) is 0 Å². The van der Waals surface area contributed by atoms with Crippen LogP contribution in [-0.4, -0.2) is 10.1 Å². The van der Waals surface area contributed by atoms with Crippen LogP contribution in [0.25, 0.3) is 0 Å². The first-order valence-corrected chi connectivity index (χ1v) is 2.60. The minimum absolute atomic E-state index is 0. The Kier molecular flexibility index (Phi) is 112. The van der Waals surface area contributed by atoms with E-state index in [1.165, 1.54) is 0 Å². The molecular formula is H5BeP3. The van der Waals surface area contributed by atoms with Crippen molar-refractivity contribution in [3.8, 4) is 0 Å². The van der Waals surface area contributed by atoms with E-state index in [4.69, 9.17) is 0 Å². The third kappa shape index (κ3) is 9.83. The zero-order valence-electron chi connectivity index (χ0n) is 2.36.